The number of carbonyl (C=O) groups is 2. The van der Waals surface area contributed by atoms with Crippen molar-refractivity contribution >= 4 is 21.7 Å². The van der Waals surface area contributed by atoms with E-state index in [2.05, 4.69) is 5.32 Å². The van der Waals surface area contributed by atoms with Crippen molar-refractivity contribution in [2.45, 2.75) is 49.5 Å². The maximum Gasteiger partial charge on any atom is 0.329 e. The van der Waals surface area contributed by atoms with Crippen molar-refractivity contribution in [3.05, 3.63) is 29.3 Å². The van der Waals surface area contributed by atoms with Crippen LogP contribution in [0.2, 0.25) is 0 Å². The van der Waals surface area contributed by atoms with Crippen LogP contribution in [0.1, 0.15) is 48.5 Å². The molecule has 126 valence electrons. The summed E-state index contributed by atoms with van der Waals surface area (Å²) in [6, 6.07) is 4.40. The van der Waals surface area contributed by atoms with Crippen LogP contribution >= 0.6 is 0 Å². The number of sulfone groups is 1. The summed E-state index contributed by atoms with van der Waals surface area (Å²) < 4.78 is 23.4. The minimum absolute atomic E-state index is 0.0515. The van der Waals surface area contributed by atoms with E-state index in [0.717, 1.165) is 19.1 Å². The number of carboxylic acids is 1. The molecule has 0 unspecified atom stereocenters. The van der Waals surface area contributed by atoms with Crippen LogP contribution in [0, 0.1) is 0 Å². The van der Waals surface area contributed by atoms with Crippen LogP contribution in [0.5, 0.6) is 0 Å². The number of hydrogen-bond donors (Lipinski definition) is 2. The van der Waals surface area contributed by atoms with Gasteiger partial charge in [0.05, 0.1) is 4.90 Å². The van der Waals surface area contributed by atoms with Gasteiger partial charge < -0.3 is 10.4 Å². The highest BCUT2D eigenvalue weighted by molar-refractivity contribution is 7.90. The van der Waals surface area contributed by atoms with Gasteiger partial charge in [-0.25, -0.2) is 13.2 Å². The summed E-state index contributed by atoms with van der Waals surface area (Å²) in [6.07, 6.45) is 3.90. The molecule has 0 radical (unpaired) electrons. The normalized spacial score (nSPS) is 17.0. The topological polar surface area (TPSA) is 101 Å². The van der Waals surface area contributed by atoms with Crippen molar-refractivity contribution in [2.75, 3.05) is 6.26 Å². The lowest BCUT2D eigenvalue weighted by Gasteiger charge is -2.26. The fourth-order valence-electron chi connectivity index (χ4n) is 2.96. The molecule has 1 aromatic rings. The Morgan fingerprint density at radius 3 is 2.35 bits per heavy atom. The fraction of sp³-hybridized carbons (Fsp3) is 0.500. The first kappa shape index (κ1) is 17.5. The quantitative estimate of drug-likeness (QED) is 0.851. The van der Waals surface area contributed by atoms with Gasteiger partial charge in [0.2, 0.25) is 0 Å². The Hall–Kier alpha value is -1.89. The van der Waals surface area contributed by atoms with Crippen molar-refractivity contribution in [1.29, 1.82) is 0 Å². The number of benzene rings is 1. The lowest BCUT2D eigenvalue weighted by molar-refractivity contribution is -0.144. The molecule has 1 aliphatic rings. The van der Waals surface area contributed by atoms with E-state index in [1.165, 1.54) is 12.1 Å². The highest BCUT2D eigenvalue weighted by atomic mass is 32.2. The summed E-state index contributed by atoms with van der Waals surface area (Å²) in [5, 5.41) is 12.1. The van der Waals surface area contributed by atoms with Gasteiger partial charge >= 0.3 is 5.97 Å². The molecule has 0 saturated heterocycles. The van der Waals surface area contributed by atoms with Gasteiger partial charge in [0.15, 0.2) is 9.84 Å². The van der Waals surface area contributed by atoms with E-state index < -0.39 is 27.3 Å². The van der Waals surface area contributed by atoms with E-state index in [-0.39, 0.29) is 10.5 Å². The number of hydrogen-bond acceptors (Lipinski definition) is 4. The Labute approximate surface area is 135 Å². The van der Waals surface area contributed by atoms with E-state index in [0.29, 0.717) is 24.8 Å². The summed E-state index contributed by atoms with van der Waals surface area (Å²) in [6.45, 7) is 1.86. The number of rotatable bonds is 5. The molecule has 1 amide bonds. The van der Waals surface area contributed by atoms with E-state index in [1.807, 2.05) is 6.92 Å². The molecule has 23 heavy (non-hydrogen) atoms. The van der Waals surface area contributed by atoms with Gasteiger partial charge in [-0.1, -0.05) is 25.8 Å². The molecule has 0 bridgehead atoms. The second-order valence-corrected chi connectivity index (χ2v) is 8.01. The molecule has 1 saturated carbocycles. The van der Waals surface area contributed by atoms with Crippen molar-refractivity contribution < 1.29 is 23.1 Å². The van der Waals surface area contributed by atoms with Gasteiger partial charge in [-0.15, -0.1) is 0 Å². The average molecular weight is 339 g/mol. The summed E-state index contributed by atoms with van der Waals surface area (Å²) in [5.74, 6) is -1.57. The van der Waals surface area contributed by atoms with Crippen LogP contribution in [-0.2, 0) is 21.1 Å². The fourth-order valence-corrected chi connectivity index (χ4v) is 3.61. The smallest absolute Gasteiger partial charge is 0.329 e. The van der Waals surface area contributed by atoms with E-state index >= 15 is 0 Å². The minimum atomic E-state index is -3.44. The largest absolute Gasteiger partial charge is 0.480 e. The number of aliphatic carboxylic acids is 1. The predicted molar refractivity (Wildman–Crippen MR) is 85.2 cm³/mol. The first-order valence-corrected chi connectivity index (χ1v) is 9.47. The molecule has 1 aromatic carbocycles. The molecular formula is C16H21NO5S. The van der Waals surface area contributed by atoms with Gasteiger partial charge in [-0.05, 0) is 37.0 Å². The van der Waals surface area contributed by atoms with Crippen molar-refractivity contribution in [3.63, 3.8) is 0 Å². The zero-order chi connectivity index (χ0) is 17.3. The number of aryl methyl sites for hydroxylation is 1. The molecule has 7 heteroatoms. The Morgan fingerprint density at radius 1 is 1.26 bits per heavy atom. The first-order chi connectivity index (χ1) is 10.7. The molecule has 0 spiro atoms. The highest BCUT2D eigenvalue weighted by Crippen LogP contribution is 2.30. The average Bonchev–Trinajstić information content (AvgIpc) is 2.95. The maximum atomic E-state index is 12.6. The molecule has 1 fully saturated rings. The molecular weight excluding hydrogens is 318 g/mol. The second-order valence-electron chi connectivity index (χ2n) is 5.99. The van der Waals surface area contributed by atoms with E-state index in [9.17, 15) is 23.1 Å². The Balaban J connectivity index is 2.40. The Bertz CT molecular complexity index is 733. The van der Waals surface area contributed by atoms with Gasteiger partial charge in [0.25, 0.3) is 5.91 Å². The SMILES string of the molecule is CCc1ccc(S(C)(=O)=O)cc1C(=O)NC1(C(=O)O)CCCC1. The molecule has 0 aliphatic heterocycles. The number of carbonyl (C=O) groups excluding carboxylic acids is 1. The molecule has 2 rings (SSSR count). The molecule has 2 N–H and O–H groups in total. The third-order valence-electron chi connectivity index (χ3n) is 4.35. The zero-order valence-corrected chi connectivity index (χ0v) is 14.1. The standard InChI is InChI=1S/C16H21NO5S/c1-3-11-6-7-12(23(2,21)22)10-13(11)14(18)17-16(15(19)20)8-4-5-9-16/h6-7,10H,3-5,8-9H2,1-2H3,(H,17,18)(H,19,20). The van der Waals surface area contributed by atoms with Crippen LogP contribution in [0.4, 0.5) is 0 Å². The second kappa shape index (κ2) is 6.31. The van der Waals surface area contributed by atoms with Crippen molar-refractivity contribution in [1.82, 2.24) is 5.32 Å². The van der Waals surface area contributed by atoms with Crippen LogP contribution in [0.3, 0.4) is 0 Å². The monoisotopic (exact) mass is 339 g/mol. The molecule has 0 atom stereocenters. The summed E-state index contributed by atoms with van der Waals surface area (Å²) >= 11 is 0. The van der Waals surface area contributed by atoms with Crippen LogP contribution in [0.25, 0.3) is 0 Å². The Morgan fingerprint density at radius 2 is 1.87 bits per heavy atom. The Kier molecular flexibility index (Phi) is 4.79. The molecule has 1 aliphatic carbocycles. The number of amides is 1. The summed E-state index contributed by atoms with van der Waals surface area (Å²) in [5.41, 5.74) is -0.334. The van der Waals surface area contributed by atoms with Crippen molar-refractivity contribution in [2.24, 2.45) is 0 Å². The lowest BCUT2D eigenvalue weighted by Crippen LogP contribution is -2.52. The van der Waals surface area contributed by atoms with Crippen LogP contribution in [-0.4, -0.2) is 37.2 Å². The van der Waals surface area contributed by atoms with Gasteiger partial charge in [0.1, 0.15) is 5.54 Å². The third kappa shape index (κ3) is 3.55. The zero-order valence-electron chi connectivity index (χ0n) is 13.3. The van der Waals surface area contributed by atoms with Crippen molar-refractivity contribution in [3.8, 4) is 0 Å². The first-order valence-electron chi connectivity index (χ1n) is 7.58. The summed E-state index contributed by atoms with van der Waals surface area (Å²) in [7, 11) is -3.44. The lowest BCUT2D eigenvalue weighted by atomic mass is 9.96. The third-order valence-corrected chi connectivity index (χ3v) is 5.46. The minimum Gasteiger partial charge on any atom is -0.480 e. The molecule has 6 nitrogen and oxygen atoms in total. The maximum absolute atomic E-state index is 12.6. The van der Waals surface area contributed by atoms with Crippen LogP contribution in [0.15, 0.2) is 23.1 Å². The van der Waals surface area contributed by atoms with E-state index in [4.69, 9.17) is 0 Å². The van der Waals surface area contributed by atoms with E-state index in [1.54, 1.807) is 6.07 Å². The number of nitrogens with one attached hydrogen (secondary N) is 1. The summed E-state index contributed by atoms with van der Waals surface area (Å²) in [4.78, 5) is 24.2. The van der Waals surface area contributed by atoms with Gasteiger partial charge in [0, 0.05) is 11.8 Å². The predicted octanol–water partition coefficient (Wildman–Crippen LogP) is 1.78. The number of carboxylic acid groups (broad SMARTS) is 1. The van der Waals surface area contributed by atoms with Crippen LogP contribution < -0.4 is 5.32 Å². The van der Waals surface area contributed by atoms with Gasteiger partial charge in [-0.3, -0.25) is 4.79 Å². The highest BCUT2D eigenvalue weighted by Gasteiger charge is 2.42. The molecule has 0 aromatic heterocycles. The van der Waals surface area contributed by atoms with Gasteiger partial charge in [-0.2, -0.15) is 0 Å². The molecule has 0 heterocycles.